The Bertz CT molecular complexity index is 1060. The predicted octanol–water partition coefficient (Wildman–Crippen LogP) is 5.15. The third-order valence-electron chi connectivity index (χ3n) is 4.61. The van der Waals surface area contributed by atoms with E-state index in [4.69, 9.17) is 11.6 Å². The zero-order chi connectivity index (χ0) is 19.7. The fourth-order valence-corrected chi connectivity index (χ4v) is 4.06. The molecule has 28 heavy (non-hydrogen) atoms. The number of benzene rings is 2. The lowest BCUT2D eigenvalue weighted by molar-refractivity contribution is -0.117. The van der Waals surface area contributed by atoms with Crippen LogP contribution in [0.15, 0.2) is 47.8 Å². The van der Waals surface area contributed by atoms with Crippen molar-refractivity contribution in [1.29, 1.82) is 0 Å². The number of carbonyl (C=O) groups is 2. The first-order valence-electron chi connectivity index (χ1n) is 8.95. The molecule has 4 rings (SSSR count). The highest BCUT2D eigenvalue weighted by molar-refractivity contribution is 7.09. The van der Waals surface area contributed by atoms with E-state index in [9.17, 15) is 9.59 Å². The number of nitrogens with one attached hydrogen (secondary N) is 1. The first kappa shape index (κ1) is 18.7. The van der Waals surface area contributed by atoms with Crippen LogP contribution in [0.2, 0.25) is 5.02 Å². The van der Waals surface area contributed by atoms with E-state index in [1.807, 2.05) is 36.6 Å². The molecule has 0 unspecified atom stereocenters. The summed E-state index contributed by atoms with van der Waals surface area (Å²) < 4.78 is 0. The van der Waals surface area contributed by atoms with Crippen LogP contribution in [0.4, 0.5) is 11.4 Å². The summed E-state index contributed by atoms with van der Waals surface area (Å²) in [6.45, 7) is 2.59. The molecule has 0 saturated carbocycles. The number of amides is 2. The first-order valence-corrected chi connectivity index (χ1v) is 10.2. The van der Waals surface area contributed by atoms with E-state index in [1.165, 1.54) is 0 Å². The number of halogens is 1. The lowest BCUT2D eigenvalue weighted by Gasteiger charge is -2.18. The quantitative estimate of drug-likeness (QED) is 0.645. The van der Waals surface area contributed by atoms with E-state index in [0.29, 0.717) is 34.9 Å². The molecule has 1 aliphatic heterocycles. The smallest absolute Gasteiger partial charge is 0.255 e. The molecule has 0 bridgehead atoms. The van der Waals surface area contributed by atoms with Crippen LogP contribution in [0.1, 0.15) is 28.2 Å². The van der Waals surface area contributed by atoms with Crippen LogP contribution < -0.4 is 10.2 Å². The number of hydrogen-bond acceptors (Lipinski definition) is 4. The van der Waals surface area contributed by atoms with Gasteiger partial charge < -0.3 is 10.2 Å². The summed E-state index contributed by atoms with van der Waals surface area (Å²) in [5.74, 6) is -0.220. The van der Waals surface area contributed by atoms with Crippen LogP contribution in [-0.4, -0.2) is 23.3 Å². The average molecular weight is 412 g/mol. The van der Waals surface area contributed by atoms with E-state index in [1.54, 1.807) is 34.4 Å². The Kier molecular flexibility index (Phi) is 5.15. The summed E-state index contributed by atoms with van der Waals surface area (Å²) >= 11 is 7.85. The highest BCUT2D eigenvalue weighted by Crippen LogP contribution is 2.31. The summed E-state index contributed by atoms with van der Waals surface area (Å²) in [5, 5.41) is 6.37. The van der Waals surface area contributed by atoms with Crippen molar-refractivity contribution in [3.05, 3.63) is 63.4 Å². The van der Waals surface area contributed by atoms with Gasteiger partial charge in [0.15, 0.2) is 0 Å². The van der Waals surface area contributed by atoms with Gasteiger partial charge in [-0.2, -0.15) is 0 Å². The first-order chi connectivity index (χ1) is 13.5. The lowest BCUT2D eigenvalue weighted by Crippen LogP contribution is -2.24. The number of rotatable bonds is 4. The second-order valence-electron chi connectivity index (χ2n) is 6.60. The average Bonchev–Trinajstić information content (AvgIpc) is 3.30. The lowest BCUT2D eigenvalue weighted by atomic mass is 10.1. The van der Waals surface area contributed by atoms with Crippen LogP contribution >= 0.6 is 22.9 Å². The normalized spacial score (nSPS) is 13.8. The van der Waals surface area contributed by atoms with E-state index >= 15 is 0 Å². The number of aromatic nitrogens is 1. The maximum Gasteiger partial charge on any atom is 0.255 e. The van der Waals surface area contributed by atoms with Crippen molar-refractivity contribution >= 4 is 46.1 Å². The van der Waals surface area contributed by atoms with Gasteiger partial charge in [0, 0.05) is 35.2 Å². The van der Waals surface area contributed by atoms with Gasteiger partial charge in [-0.05, 0) is 43.7 Å². The third kappa shape index (κ3) is 3.79. The van der Waals surface area contributed by atoms with Crippen molar-refractivity contribution in [2.24, 2.45) is 0 Å². The molecule has 1 aliphatic rings. The SMILES string of the molecule is Cc1nc(-c2cccc(NC(=O)c3ccc(Cl)c(N4CCCC4=O)c3)c2)cs1. The molecule has 1 aromatic heterocycles. The summed E-state index contributed by atoms with van der Waals surface area (Å²) in [4.78, 5) is 30.9. The molecule has 142 valence electrons. The van der Waals surface area contributed by atoms with E-state index in [2.05, 4.69) is 10.3 Å². The Morgan fingerprint density at radius 3 is 2.82 bits per heavy atom. The van der Waals surface area contributed by atoms with Crippen molar-refractivity contribution in [2.45, 2.75) is 19.8 Å². The van der Waals surface area contributed by atoms with E-state index < -0.39 is 0 Å². The molecule has 5 nitrogen and oxygen atoms in total. The van der Waals surface area contributed by atoms with Gasteiger partial charge in [0.1, 0.15) is 0 Å². The number of carbonyl (C=O) groups excluding carboxylic acids is 2. The molecule has 0 aliphatic carbocycles. The molecule has 0 radical (unpaired) electrons. The molecule has 0 atom stereocenters. The second kappa shape index (κ2) is 7.73. The number of nitrogens with zero attached hydrogens (tertiary/aromatic N) is 2. The Balaban J connectivity index is 1.56. The summed E-state index contributed by atoms with van der Waals surface area (Å²) in [5.41, 5.74) is 3.56. The largest absolute Gasteiger partial charge is 0.322 e. The van der Waals surface area contributed by atoms with Crippen LogP contribution in [0, 0.1) is 6.92 Å². The molecule has 1 N–H and O–H groups in total. The molecule has 2 amide bonds. The van der Waals surface area contributed by atoms with Gasteiger partial charge in [0.2, 0.25) is 5.91 Å². The van der Waals surface area contributed by atoms with Gasteiger partial charge in [0.25, 0.3) is 5.91 Å². The van der Waals surface area contributed by atoms with Crippen molar-refractivity contribution in [2.75, 3.05) is 16.8 Å². The Morgan fingerprint density at radius 1 is 1.25 bits per heavy atom. The maximum atomic E-state index is 12.8. The van der Waals surface area contributed by atoms with Crippen molar-refractivity contribution in [3.63, 3.8) is 0 Å². The highest BCUT2D eigenvalue weighted by Gasteiger charge is 2.24. The van der Waals surface area contributed by atoms with Gasteiger partial charge in [-0.25, -0.2) is 4.98 Å². The number of anilines is 2. The zero-order valence-corrected chi connectivity index (χ0v) is 16.8. The topological polar surface area (TPSA) is 62.3 Å². The van der Waals surface area contributed by atoms with Gasteiger partial charge in [-0.1, -0.05) is 23.7 Å². The molecule has 0 spiro atoms. The third-order valence-corrected chi connectivity index (χ3v) is 5.70. The number of thiazole rings is 1. The van der Waals surface area contributed by atoms with Crippen LogP contribution in [0.5, 0.6) is 0 Å². The summed E-state index contributed by atoms with van der Waals surface area (Å²) in [6, 6.07) is 12.6. The fraction of sp³-hybridized carbons (Fsp3) is 0.190. The van der Waals surface area contributed by atoms with Gasteiger partial charge >= 0.3 is 0 Å². The maximum absolute atomic E-state index is 12.8. The van der Waals surface area contributed by atoms with Crippen molar-refractivity contribution in [1.82, 2.24) is 4.98 Å². The fourth-order valence-electron chi connectivity index (χ4n) is 3.22. The highest BCUT2D eigenvalue weighted by atomic mass is 35.5. The molecule has 3 aromatic rings. The molecule has 2 aromatic carbocycles. The monoisotopic (exact) mass is 411 g/mol. The minimum absolute atomic E-state index is 0.0331. The second-order valence-corrected chi connectivity index (χ2v) is 8.07. The standard InChI is InChI=1S/C21H18ClN3O2S/c1-13-23-18(12-28-13)14-4-2-5-16(10-14)24-21(27)15-7-8-17(22)19(11-15)25-9-3-6-20(25)26/h2,4-5,7-8,10-12H,3,6,9H2,1H3,(H,24,27). The molecule has 7 heteroatoms. The zero-order valence-electron chi connectivity index (χ0n) is 15.2. The van der Waals surface area contributed by atoms with Crippen molar-refractivity contribution < 1.29 is 9.59 Å². The van der Waals surface area contributed by atoms with E-state index in [0.717, 1.165) is 22.7 Å². The molecule has 2 heterocycles. The Morgan fingerprint density at radius 2 is 2.11 bits per heavy atom. The predicted molar refractivity (Wildman–Crippen MR) is 113 cm³/mol. The summed E-state index contributed by atoms with van der Waals surface area (Å²) in [6.07, 6.45) is 1.31. The number of aryl methyl sites for hydroxylation is 1. The molecular weight excluding hydrogens is 394 g/mol. The molecule has 1 saturated heterocycles. The van der Waals surface area contributed by atoms with Gasteiger partial charge in [-0.15, -0.1) is 11.3 Å². The van der Waals surface area contributed by atoms with Crippen LogP contribution in [0.25, 0.3) is 11.3 Å². The minimum Gasteiger partial charge on any atom is -0.322 e. The molecule has 1 fully saturated rings. The summed E-state index contributed by atoms with van der Waals surface area (Å²) in [7, 11) is 0. The van der Waals surface area contributed by atoms with Crippen LogP contribution in [-0.2, 0) is 4.79 Å². The Labute approximate surface area is 172 Å². The van der Waals surface area contributed by atoms with Crippen LogP contribution in [0.3, 0.4) is 0 Å². The number of hydrogen-bond donors (Lipinski definition) is 1. The molecular formula is C21H18ClN3O2S. The Hall–Kier alpha value is -2.70. The van der Waals surface area contributed by atoms with Gasteiger partial charge in [0.05, 0.1) is 21.4 Å². The van der Waals surface area contributed by atoms with E-state index in [-0.39, 0.29) is 11.8 Å². The minimum atomic E-state index is -0.254. The van der Waals surface area contributed by atoms with Gasteiger partial charge in [-0.3, -0.25) is 9.59 Å². The van der Waals surface area contributed by atoms with Crippen molar-refractivity contribution in [3.8, 4) is 11.3 Å².